The van der Waals surface area contributed by atoms with Crippen molar-refractivity contribution in [2.45, 2.75) is 24.2 Å². The van der Waals surface area contributed by atoms with E-state index in [4.69, 9.17) is 4.18 Å². The van der Waals surface area contributed by atoms with Crippen LogP contribution in [0, 0.1) is 0 Å². The van der Waals surface area contributed by atoms with Gasteiger partial charge < -0.3 is 4.18 Å². The quantitative estimate of drug-likeness (QED) is 0.322. The number of carbonyl (C=O) groups is 1. The Kier molecular flexibility index (Phi) is 7.34. The molecular weight excluding hydrogens is 400 g/mol. The van der Waals surface area contributed by atoms with Crippen LogP contribution < -0.4 is 9.61 Å². The van der Waals surface area contributed by atoms with Gasteiger partial charge in [0.25, 0.3) is 0 Å². The molecule has 30 heavy (non-hydrogen) atoms. The molecule has 154 valence electrons. The van der Waals surface area contributed by atoms with Crippen LogP contribution >= 0.6 is 0 Å². The molecule has 0 bridgehead atoms. The molecule has 3 aromatic carbocycles. The molecular formula is C23H22N2O4S. The van der Waals surface area contributed by atoms with Crippen molar-refractivity contribution in [2.24, 2.45) is 5.10 Å². The number of hydrogen-bond acceptors (Lipinski definition) is 5. The van der Waals surface area contributed by atoms with Crippen LogP contribution in [-0.2, 0) is 21.3 Å². The molecule has 3 aromatic rings. The van der Waals surface area contributed by atoms with Crippen molar-refractivity contribution in [3.63, 3.8) is 0 Å². The van der Waals surface area contributed by atoms with Crippen LogP contribution in [0.1, 0.15) is 24.0 Å². The molecule has 0 saturated heterocycles. The monoisotopic (exact) mass is 422 g/mol. The highest BCUT2D eigenvalue weighted by molar-refractivity contribution is 7.87. The minimum atomic E-state index is -3.87. The molecule has 0 aromatic heterocycles. The first-order valence-electron chi connectivity index (χ1n) is 9.48. The van der Waals surface area contributed by atoms with Gasteiger partial charge in [-0.15, -0.1) is 0 Å². The number of nitrogens with zero attached hydrogens (tertiary/aromatic N) is 1. The van der Waals surface area contributed by atoms with Gasteiger partial charge in [0.15, 0.2) is 0 Å². The highest BCUT2D eigenvalue weighted by Gasteiger charge is 2.15. The Morgan fingerprint density at radius 1 is 0.900 bits per heavy atom. The summed E-state index contributed by atoms with van der Waals surface area (Å²) in [5, 5.41) is 3.94. The fourth-order valence-electron chi connectivity index (χ4n) is 2.70. The van der Waals surface area contributed by atoms with Gasteiger partial charge >= 0.3 is 10.1 Å². The fraction of sp³-hybridized carbons (Fsp3) is 0.130. The Balaban J connectivity index is 1.45. The molecule has 0 aliphatic heterocycles. The van der Waals surface area contributed by atoms with E-state index in [2.05, 4.69) is 10.5 Å². The van der Waals surface area contributed by atoms with Crippen LogP contribution in [-0.4, -0.2) is 20.5 Å². The van der Waals surface area contributed by atoms with Crippen LogP contribution in [0.15, 0.2) is 94.9 Å². The summed E-state index contributed by atoms with van der Waals surface area (Å²) in [5.41, 5.74) is 4.39. The van der Waals surface area contributed by atoms with Gasteiger partial charge in [-0.2, -0.15) is 13.5 Å². The normalized spacial score (nSPS) is 11.3. The lowest BCUT2D eigenvalue weighted by molar-refractivity contribution is -0.121. The molecule has 0 spiro atoms. The molecule has 0 heterocycles. The molecule has 1 N–H and O–H groups in total. The lowest BCUT2D eigenvalue weighted by Gasteiger charge is -2.07. The van der Waals surface area contributed by atoms with Gasteiger partial charge in [-0.05, 0) is 60.4 Å². The van der Waals surface area contributed by atoms with Crippen molar-refractivity contribution in [1.82, 2.24) is 5.43 Å². The number of carbonyl (C=O) groups excluding carboxylic acids is 1. The number of hydrogen-bond donors (Lipinski definition) is 1. The summed E-state index contributed by atoms with van der Waals surface area (Å²) in [7, 11) is -3.87. The second kappa shape index (κ2) is 10.4. The van der Waals surface area contributed by atoms with Gasteiger partial charge in [-0.25, -0.2) is 5.43 Å². The van der Waals surface area contributed by atoms with E-state index in [1.807, 2.05) is 30.3 Å². The van der Waals surface area contributed by atoms with E-state index >= 15 is 0 Å². The Morgan fingerprint density at radius 3 is 2.20 bits per heavy atom. The summed E-state index contributed by atoms with van der Waals surface area (Å²) in [5.74, 6) is 0.0389. The topological polar surface area (TPSA) is 84.8 Å². The van der Waals surface area contributed by atoms with Crippen LogP contribution in [0.2, 0.25) is 0 Å². The number of benzene rings is 3. The molecule has 0 radical (unpaired) electrons. The first kappa shape index (κ1) is 21.3. The molecule has 0 saturated carbocycles. The lowest BCUT2D eigenvalue weighted by atomic mass is 10.1. The first-order valence-corrected chi connectivity index (χ1v) is 10.9. The van der Waals surface area contributed by atoms with Crippen LogP contribution in [0.3, 0.4) is 0 Å². The number of nitrogens with one attached hydrogen (secondary N) is 1. The second-order valence-corrected chi connectivity index (χ2v) is 8.10. The average molecular weight is 423 g/mol. The van der Waals surface area contributed by atoms with Crippen molar-refractivity contribution in [3.05, 3.63) is 96.1 Å². The van der Waals surface area contributed by atoms with E-state index < -0.39 is 10.1 Å². The van der Waals surface area contributed by atoms with E-state index in [1.165, 1.54) is 36.0 Å². The van der Waals surface area contributed by atoms with Crippen molar-refractivity contribution in [2.75, 3.05) is 0 Å². The third-order valence-corrected chi connectivity index (χ3v) is 5.49. The molecule has 0 aliphatic carbocycles. The van der Waals surface area contributed by atoms with Crippen LogP contribution in [0.5, 0.6) is 5.75 Å². The predicted molar refractivity (Wildman–Crippen MR) is 116 cm³/mol. The van der Waals surface area contributed by atoms with Gasteiger partial charge in [-0.3, -0.25) is 4.79 Å². The summed E-state index contributed by atoms with van der Waals surface area (Å²) < 4.78 is 29.6. The molecule has 6 nitrogen and oxygen atoms in total. The lowest BCUT2D eigenvalue weighted by Crippen LogP contribution is -2.17. The zero-order chi connectivity index (χ0) is 21.2. The smallest absolute Gasteiger partial charge is 0.339 e. The molecule has 7 heteroatoms. The summed E-state index contributed by atoms with van der Waals surface area (Å²) in [6.45, 7) is 0. The number of rotatable bonds is 9. The van der Waals surface area contributed by atoms with E-state index in [0.717, 1.165) is 12.8 Å². The highest BCUT2D eigenvalue weighted by atomic mass is 32.2. The SMILES string of the molecule is O=C(CCCc1ccccc1)NN=Cc1ccc(OS(=O)(=O)c2ccccc2)cc1. The molecule has 0 aliphatic rings. The maximum Gasteiger partial charge on any atom is 0.339 e. The van der Waals surface area contributed by atoms with Gasteiger partial charge in [0, 0.05) is 6.42 Å². The van der Waals surface area contributed by atoms with Crippen LogP contribution in [0.4, 0.5) is 0 Å². The molecule has 0 fully saturated rings. The minimum Gasteiger partial charge on any atom is -0.379 e. The zero-order valence-corrected chi connectivity index (χ0v) is 17.1. The Morgan fingerprint density at radius 2 is 1.53 bits per heavy atom. The highest BCUT2D eigenvalue weighted by Crippen LogP contribution is 2.18. The Bertz CT molecular complexity index is 1080. The van der Waals surface area contributed by atoms with E-state index in [9.17, 15) is 13.2 Å². The number of hydrazone groups is 1. The Labute approximate surface area is 176 Å². The summed E-state index contributed by atoms with van der Waals surface area (Å²) in [4.78, 5) is 11.9. The molecule has 0 atom stereocenters. The summed E-state index contributed by atoms with van der Waals surface area (Å²) in [6, 6.07) is 24.3. The van der Waals surface area contributed by atoms with Crippen molar-refractivity contribution < 1.29 is 17.4 Å². The minimum absolute atomic E-state index is 0.0885. The van der Waals surface area contributed by atoms with Crippen LogP contribution in [0.25, 0.3) is 0 Å². The van der Waals surface area contributed by atoms with E-state index in [1.54, 1.807) is 30.3 Å². The number of amides is 1. The van der Waals surface area contributed by atoms with Gasteiger partial charge in [0.2, 0.25) is 5.91 Å². The second-order valence-electron chi connectivity index (χ2n) is 6.55. The summed E-state index contributed by atoms with van der Waals surface area (Å²) in [6.07, 6.45) is 3.46. The maximum absolute atomic E-state index is 12.2. The molecule has 3 rings (SSSR count). The van der Waals surface area contributed by atoms with Gasteiger partial charge in [0.05, 0.1) is 6.21 Å². The third kappa shape index (κ3) is 6.56. The van der Waals surface area contributed by atoms with E-state index in [0.29, 0.717) is 12.0 Å². The fourth-order valence-corrected chi connectivity index (χ4v) is 3.66. The third-order valence-electron chi connectivity index (χ3n) is 4.23. The molecule has 0 unspecified atom stereocenters. The molecule has 1 amide bonds. The van der Waals surface area contributed by atoms with E-state index in [-0.39, 0.29) is 16.6 Å². The summed E-state index contributed by atoms with van der Waals surface area (Å²) >= 11 is 0. The number of aryl methyl sites for hydroxylation is 1. The average Bonchev–Trinajstić information content (AvgIpc) is 2.76. The zero-order valence-electron chi connectivity index (χ0n) is 16.3. The maximum atomic E-state index is 12.2. The van der Waals surface area contributed by atoms with Crippen molar-refractivity contribution in [1.29, 1.82) is 0 Å². The first-order chi connectivity index (χ1) is 14.5. The van der Waals surface area contributed by atoms with Gasteiger partial charge in [-0.1, -0.05) is 48.5 Å². The predicted octanol–water partition coefficient (Wildman–Crippen LogP) is 3.93. The van der Waals surface area contributed by atoms with Gasteiger partial charge in [0.1, 0.15) is 10.6 Å². The Hall–Kier alpha value is -3.45. The standard InChI is InChI=1S/C23H22N2O4S/c26-23(13-7-10-19-8-3-1-4-9-19)25-24-18-20-14-16-21(17-15-20)29-30(27,28)22-11-5-2-6-12-22/h1-6,8-9,11-12,14-18H,7,10,13H2,(H,25,26). The van der Waals surface area contributed by atoms with Crippen molar-refractivity contribution in [3.8, 4) is 5.75 Å². The van der Waals surface area contributed by atoms with Crippen molar-refractivity contribution >= 4 is 22.2 Å². The largest absolute Gasteiger partial charge is 0.379 e.